The quantitative estimate of drug-likeness (QED) is 0.743. The van der Waals surface area contributed by atoms with Gasteiger partial charge in [-0.1, -0.05) is 0 Å². The number of nitrogens with one attached hydrogen (secondary N) is 1. The van der Waals surface area contributed by atoms with Crippen molar-refractivity contribution in [1.82, 2.24) is 9.97 Å². The maximum Gasteiger partial charge on any atom is 0.229 e. The number of hydrogen-bond acceptors (Lipinski definition) is 6. The molecule has 0 saturated heterocycles. The molecule has 0 unspecified atom stereocenters. The van der Waals surface area contributed by atoms with Crippen molar-refractivity contribution in [2.75, 3.05) is 23.0 Å². The summed E-state index contributed by atoms with van der Waals surface area (Å²) in [5, 5.41) is 3.07. The van der Waals surface area contributed by atoms with E-state index in [1.165, 1.54) is 18.4 Å². The van der Waals surface area contributed by atoms with Gasteiger partial charge in [-0.3, -0.25) is 0 Å². The Morgan fingerprint density at radius 3 is 2.44 bits per heavy atom. The molecule has 0 radical (unpaired) electrons. The van der Waals surface area contributed by atoms with Gasteiger partial charge in [-0.05, 0) is 55.0 Å². The van der Waals surface area contributed by atoms with E-state index in [4.69, 9.17) is 0 Å². The fourth-order valence-corrected chi connectivity index (χ4v) is 3.62. The molecule has 1 aromatic heterocycles. The third kappa shape index (κ3) is 3.61. The fraction of sp³-hybridized carbons (Fsp3) is 0.158. The van der Waals surface area contributed by atoms with Crippen LogP contribution in [0.1, 0.15) is 5.56 Å². The van der Waals surface area contributed by atoms with Crippen molar-refractivity contribution in [3.63, 3.8) is 0 Å². The zero-order valence-corrected chi connectivity index (χ0v) is 15.4. The first kappa shape index (κ1) is 17.4. The molecule has 0 atom stereocenters. The maximum atomic E-state index is 13.0. The lowest BCUT2D eigenvalue weighted by atomic mass is 10.3. The molecule has 8 heteroatoms. The van der Waals surface area contributed by atoms with E-state index in [2.05, 4.69) is 15.3 Å². The number of halogens is 1. The summed E-state index contributed by atoms with van der Waals surface area (Å²) in [4.78, 5) is 11.2. The minimum absolute atomic E-state index is 0.284. The van der Waals surface area contributed by atoms with Gasteiger partial charge in [-0.25, -0.2) is 17.8 Å². The van der Waals surface area contributed by atoms with E-state index in [1.54, 1.807) is 42.6 Å². The summed E-state index contributed by atoms with van der Waals surface area (Å²) in [5.41, 5.74) is 2.58. The summed E-state index contributed by atoms with van der Waals surface area (Å²) in [7, 11) is -3.23. The highest BCUT2D eigenvalue weighted by Crippen LogP contribution is 2.33. The predicted octanol–water partition coefficient (Wildman–Crippen LogP) is 3.46. The van der Waals surface area contributed by atoms with Crippen LogP contribution in [0.15, 0.2) is 59.6 Å². The lowest BCUT2D eigenvalue weighted by Crippen LogP contribution is -2.15. The van der Waals surface area contributed by atoms with Gasteiger partial charge in [0.2, 0.25) is 5.95 Å². The summed E-state index contributed by atoms with van der Waals surface area (Å²) >= 11 is 0. The number of nitrogens with zero attached hydrogens (tertiary/aromatic N) is 3. The second-order valence-corrected chi connectivity index (χ2v) is 8.36. The molecule has 27 heavy (non-hydrogen) atoms. The van der Waals surface area contributed by atoms with Gasteiger partial charge >= 0.3 is 0 Å². The van der Waals surface area contributed by atoms with E-state index >= 15 is 0 Å². The molecule has 0 aliphatic carbocycles. The van der Waals surface area contributed by atoms with Crippen LogP contribution in [0.4, 0.5) is 27.5 Å². The average molecular weight is 384 g/mol. The zero-order valence-electron chi connectivity index (χ0n) is 14.6. The lowest BCUT2D eigenvalue weighted by molar-refractivity contribution is 0.602. The topological polar surface area (TPSA) is 75.2 Å². The van der Waals surface area contributed by atoms with Crippen LogP contribution in [0.2, 0.25) is 0 Å². The first-order valence-electron chi connectivity index (χ1n) is 8.36. The van der Waals surface area contributed by atoms with Crippen molar-refractivity contribution in [3.8, 4) is 0 Å². The van der Waals surface area contributed by atoms with Crippen LogP contribution in [0.25, 0.3) is 0 Å². The van der Waals surface area contributed by atoms with Gasteiger partial charge in [0.25, 0.3) is 0 Å². The Balaban J connectivity index is 1.62. The van der Waals surface area contributed by atoms with Crippen LogP contribution in [-0.4, -0.2) is 31.2 Å². The number of rotatable bonds is 4. The molecule has 1 aliphatic heterocycles. The van der Waals surface area contributed by atoms with Crippen molar-refractivity contribution in [2.45, 2.75) is 11.3 Å². The maximum absolute atomic E-state index is 13.0. The normalized spacial score (nSPS) is 13.5. The second-order valence-electron chi connectivity index (χ2n) is 6.34. The van der Waals surface area contributed by atoms with E-state index in [-0.39, 0.29) is 10.7 Å². The van der Waals surface area contributed by atoms with Crippen molar-refractivity contribution in [1.29, 1.82) is 0 Å². The first-order chi connectivity index (χ1) is 12.9. The number of sulfone groups is 1. The molecule has 3 aromatic rings. The molecule has 138 valence electrons. The Hall–Kier alpha value is -3.00. The van der Waals surface area contributed by atoms with Crippen LogP contribution in [0.3, 0.4) is 0 Å². The van der Waals surface area contributed by atoms with Gasteiger partial charge in [-0.15, -0.1) is 0 Å². The van der Waals surface area contributed by atoms with Gasteiger partial charge in [-0.2, -0.15) is 4.98 Å². The number of hydrogen-bond donors (Lipinski definition) is 1. The zero-order chi connectivity index (χ0) is 19.0. The number of fused-ring (bicyclic) bond motifs is 1. The van der Waals surface area contributed by atoms with Crippen molar-refractivity contribution >= 4 is 33.0 Å². The molecule has 2 heterocycles. The van der Waals surface area contributed by atoms with Gasteiger partial charge in [0.05, 0.1) is 4.90 Å². The van der Waals surface area contributed by atoms with Crippen LogP contribution in [-0.2, 0) is 16.3 Å². The first-order valence-corrected chi connectivity index (χ1v) is 10.3. The molecule has 1 aliphatic rings. The van der Waals surface area contributed by atoms with E-state index in [0.29, 0.717) is 11.6 Å². The Labute approximate surface area is 156 Å². The highest BCUT2D eigenvalue weighted by molar-refractivity contribution is 7.90. The summed E-state index contributed by atoms with van der Waals surface area (Å²) in [5.74, 6) is 0.890. The molecule has 4 rings (SSSR count). The van der Waals surface area contributed by atoms with Crippen LogP contribution in [0, 0.1) is 5.82 Å². The summed E-state index contributed by atoms with van der Waals surface area (Å²) in [6.45, 7) is 0.738. The lowest BCUT2D eigenvalue weighted by Gasteiger charge is -2.19. The van der Waals surface area contributed by atoms with Gasteiger partial charge in [0.1, 0.15) is 11.6 Å². The molecule has 0 saturated carbocycles. The predicted molar refractivity (Wildman–Crippen MR) is 102 cm³/mol. The number of aromatic nitrogens is 2. The molecular weight excluding hydrogens is 367 g/mol. The second kappa shape index (κ2) is 6.62. The summed E-state index contributed by atoms with van der Waals surface area (Å²) in [6, 6.07) is 12.7. The van der Waals surface area contributed by atoms with Crippen LogP contribution in [0.5, 0.6) is 0 Å². The largest absolute Gasteiger partial charge is 0.326 e. The Morgan fingerprint density at radius 1 is 1.07 bits per heavy atom. The molecule has 0 fully saturated rings. The van der Waals surface area contributed by atoms with Crippen LogP contribution >= 0.6 is 0 Å². The van der Waals surface area contributed by atoms with Crippen molar-refractivity contribution in [3.05, 3.63) is 66.1 Å². The van der Waals surface area contributed by atoms with E-state index in [0.717, 1.165) is 30.0 Å². The Morgan fingerprint density at radius 2 is 1.78 bits per heavy atom. The molecular formula is C19H17FN4O2S. The smallest absolute Gasteiger partial charge is 0.229 e. The molecule has 0 spiro atoms. The van der Waals surface area contributed by atoms with Gasteiger partial charge in [0, 0.05) is 35.9 Å². The molecule has 0 amide bonds. The monoisotopic (exact) mass is 384 g/mol. The molecule has 1 N–H and O–H groups in total. The van der Waals surface area contributed by atoms with Gasteiger partial charge in [0.15, 0.2) is 9.84 Å². The highest BCUT2D eigenvalue weighted by Gasteiger charge is 2.23. The number of anilines is 4. The van der Waals surface area contributed by atoms with Crippen LogP contribution < -0.4 is 10.2 Å². The third-order valence-corrected chi connectivity index (χ3v) is 5.51. The molecule has 0 bridgehead atoms. The Kier molecular flexibility index (Phi) is 4.27. The van der Waals surface area contributed by atoms with Crippen molar-refractivity contribution in [2.24, 2.45) is 0 Å². The number of benzene rings is 2. The third-order valence-electron chi connectivity index (χ3n) is 4.38. The Bertz CT molecular complexity index is 1080. The highest BCUT2D eigenvalue weighted by atomic mass is 32.2. The minimum Gasteiger partial charge on any atom is -0.326 e. The van der Waals surface area contributed by atoms with Crippen molar-refractivity contribution < 1.29 is 12.8 Å². The SMILES string of the molecule is CS(=O)(=O)c1ccc(N2CCc3cnc(Nc4ccc(F)cc4)nc32)cc1. The summed E-state index contributed by atoms with van der Waals surface area (Å²) < 4.78 is 36.3. The van der Waals surface area contributed by atoms with Gasteiger partial charge < -0.3 is 10.2 Å². The minimum atomic E-state index is -3.23. The average Bonchev–Trinajstić information content (AvgIpc) is 3.06. The molecule has 6 nitrogen and oxygen atoms in total. The summed E-state index contributed by atoms with van der Waals surface area (Å²) in [6.07, 6.45) is 3.77. The van der Waals surface area contributed by atoms with E-state index in [1.807, 2.05) is 4.90 Å². The molecule has 2 aromatic carbocycles. The standard InChI is InChI=1S/C19H17FN4O2S/c1-27(25,26)17-8-6-16(7-9-17)24-11-10-13-12-21-19(23-18(13)24)22-15-4-2-14(20)3-5-15/h2-9,12H,10-11H2,1H3,(H,21,22,23). The fourth-order valence-electron chi connectivity index (χ4n) is 2.99. The van der Waals surface area contributed by atoms with E-state index < -0.39 is 9.84 Å². The van der Waals surface area contributed by atoms with E-state index in [9.17, 15) is 12.8 Å².